The molecule has 0 unspecified atom stereocenters. The molecule has 20 heavy (non-hydrogen) atoms. The van der Waals surface area contributed by atoms with Crippen LogP contribution < -0.4 is 0 Å². The van der Waals surface area contributed by atoms with Crippen molar-refractivity contribution in [2.75, 3.05) is 13.2 Å². The van der Waals surface area contributed by atoms with E-state index in [1.54, 1.807) is 0 Å². The first-order valence-electron chi connectivity index (χ1n) is 5.70. The molecule has 0 rings (SSSR count). The Kier molecular flexibility index (Phi) is 6.48. The zero-order valence-electron chi connectivity index (χ0n) is 11.5. The second-order valence-electron chi connectivity index (χ2n) is 4.90. The molecular weight excluding hydrogens is 277 g/mol. The lowest BCUT2D eigenvalue weighted by molar-refractivity contribution is -0.203. The fourth-order valence-corrected chi connectivity index (χ4v) is 1.00. The third-order valence-corrected chi connectivity index (χ3v) is 2.11. The Hall–Kier alpha value is -1.79. The zero-order valence-corrected chi connectivity index (χ0v) is 11.5. The summed E-state index contributed by atoms with van der Waals surface area (Å²) >= 11 is 0. The maximum absolute atomic E-state index is 12.0. The molecule has 0 heterocycles. The number of allylic oxidation sites excluding steroid dienone is 2. The molecule has 0 N–H and O–H groups in total. The minimum atomic E-state index is -5.03. The van der Waals surface area contributed by atoms with Crippen molar-refractivity contribution in [1.82, 2.24) is 0 Å². The molecule has 0 saturated heterocycles. The van der Waals surface area contributed by atoms with Crippen molar-refractivity contribution in [3.05, 3.63) is 24.3 Å². The van der Waals surface area contributed by atoms with E-state index in [4.69, 9.17) is 4.74 Å². The molecule has 4 nitrogen and oxygen atoms in total. The van der Waals surface area contributed by atoms with Crippen molar-refractivity contribution in [2.45, 2.75) is 26.9 Å². The number of alkyl halides is 3. The van der Waals surface area contributed by atoms with Gasteiger partial charge in [0.1, 0.15) is 0 Å². The lowest BCUT2D eigenvalue weighted by Gasteiger charge is -2.23. The summed E-state index contributed by atoms with van der Waals surface area (Å²) in [4.78, 5) is 22.0. The molecule has 0 aromatic rings. The highest BCUT2D eigenvalue weighted by atomic mass is 19.4. The van der Waals surface area contributed by atoms with Gasteiger partial charge in [-0.25, -0.2) is 9.59 Å². The van der Waals surface area contributed by atoms with Gasteiger partial charge in [0.25, 0.3) is 0 Å². The van der Waals surface area contributed by atoms with Crippen LogP contribution in [0.5, 0.6) is 0 Å². The van der Waals surface area contributed by atoms with Gasteiger partial charge in [-0.3, -0.25) is 0 Å². The molecule has 7 heteroatoms. The number of hydrogen-bond acceptors (Lipinski definition) is 4. The molecule has 0 radical (unpaired) electrons. The monoisotopic (exact) mass is 294 g/mol. The molecule has 0 bridgehead atoms. The number of carbonyl (C=O) groups is 2. The smallest absolute Gasteiger partial charge is 0.462 e. The quantitative estimate of drug-likeness (QED) is 0.429. The van der Waals surface area contributed by atoms with Gasteiger partial charge >= 0.3 is 18.1 Å². The van der Waals surface area contributed by atoms with Gasteiger partial charge in [-0.1, -0.05) is 32.6 Å². The highest BCUT2D eigenvalue weighted by molar-refractivity contribution is 5.88. The van der Waals surface area contributed by atoms with Crippen LogP contribution in [0.15, 0.2) is 24.3 Å². The predicted octanol–water partition coefficient (Wildman–Crippen LogP) is 2.79. The molecule has 0 amide bonds. The predicted molar refractivity (Wildman–Crippen MR) is 65.7 cm³/mol. The van der Waals surface area contributed by atoms with Crippen molar-refractivity contribution in [1.29, 1.82) is 0 Å². The Bertz CT molecular complexity index is 408. The number of esters is 2. The number of halogens is 3. The lowest BCUT2D eigenvalue weighted by Crippen LogP contribution is -2.33. The highest BCUT2D eigenvalue weighted by Gasteiger charge is 2.41. The van der Waals surface area contributed by atoms with E-state index in [0.29, 0.717) is 5.57 Å². The second kappa shape index (κ2) is 7.12. The van der Waals surface area contributed by atoms with Crippen LogP contribution in [0, 0.1) is 5.41 Å². The van der Waals surface area contributed by atoms with Crippen molar-refractivity contribution in [3.63, 3.8) is 0 Å². The summed E-state index contributed by atoms with van der Waals surface area (Å²) in [7, 11) is 0. The fraction of sp³-hybridized carbons (Fsp3) is 0.538. The van der Waals surface area contributed by atoms with Crippen LogP contribution >= 0.6 is 0 Å². The standard InChI is InChI=1S/C13H17F3O4/c1-5-6-9(2)10(17)19-7-12(3,4)8-20-11(18)13(14,15)16/h5-6H,1,7-8H2,2-4H3/b9-6+. The summed E-state index contributed by atoms with van der Waals surface area (Å²) in [5.41, 5.74) is -0.617. The number of ether oxygens (including phenoxy) is 2. The largest absolute Gasteiger partial charge is 0.490 e. The third kappa shape index (κ3) is 6.96. The Morgan fingerprint density at radius 1 is 1.15 bits per heavy atom. The minimum absolute atomic E-state index is 0.181. The normalized spacial score (nSPS) is 12.8. The average Bonchev–Trinajstić information content (AvgIpc) is 2.32. The molecule has 0 aromatic heterocycles. The Balaban J connectivity index is 4.34. The highest BCUT2D eigenvalue weighted by Crippen LogP contribution is 2.21. The molecule has 0 aliphatic heterocycles. The maximum atomic E-state index is 12.0. The molecular formula is C13H17F3O4. The minimum Gasteiger partial charge on any atom is -0.462 e. The summed E-state index contributed by atoms with van der Waals surface area (Å²) in [6, 6.07) is 0. The van der Waals surface area contributed by atoms with Crippen molar-refractivity contribution >= 4 is 11.9 Å². The molecule has 0 atom stereocenters. The first-order chi connectivity index (χ1) is 8.99. The van der Waals surface area contributed by atoms with Crippen molar-refractivity contribution < 1.29 is 32.2 Å². The van der Waals surface area contributed by atoms with Gasteiger partial charge in [0.05, 0.1) is 13.2 Å². The van der Waals surface area contributed by atoms with E-state index in [1.165, 1.54) is 32.9 Å². The van der Waals surface area contributed by atoms with Crippen LogP contribution in [0.4, 0.5) is 13.2 Å². The van der Waals surface area contributed by atoms with E-state index >= 15 is 0 Å². The third-order valence-electron chi connectivity index (χ3n) is 2.11. The molecule has 0 fully saturated rings. The Morgan fingerprint density at radius 2 is 1.65 bits per heavy atom. The van der Waals surface area contributed by atoms with Gasteiger partial charge in [0, 0.05) is 11.0 Å². The number of hydrogen-bond donors (Lipinski definition) is 0. The molecule has 114 valence electrons. The van der Waals surface area contributed by atoms with E-state index in [0.717, 1.165) is 0 Å². The van der Waals surface area contributed by atoms with Gasteiger partial charge in [0.15, 0.2) is 0 Å². The number of carbonyl (C=O) groups excluding carboxylic acids is 2. The van der Waals surface area contributed by atoms with Crippen LogP contribution in [0.25, 0.3) is 0 Å². The molecule has 0 aliphatic carbocycles. The van der Waals surface area contributed by atoms with E-state index in [9.17, 15) is 22.8 Å². The van der Waals surface area contributed by atoms with Gasteiger partial charge < -0.3 is 9.47 Å². The zero-order chi connectivity index (χ0) is 16.0. The van der Waals surface area contributed by atoms with Crippen LogP contribution in [-0.4, -0.2) is 31.3 Å². The van der Waals surface area contributed by atoms with Crippen molar-refractivity contribution in [2.24, 2.45) is 5.41 Å². The van der Waals surface area contributed by atoms with Gasteiger partial charge in [0.2, 0.25) is 0 Å². The van der Waals surface area contributed by atoms with Crippen LogP contribution in [0.2, 0.25) is 0 Å². The SMILES string of the molecule is C=C/C=C(\C)C(=O)OCC(C)(C)COC(=O)C(F)(F)F. The maximum Gasteiger partial charge on any atom is 0.490 e. The topological polar surface area (TPSA) is 52.6 Å². The number of rotatable bonds is 6. The second-order valence-corrected chi connectivity index (χ2v) is 4.90. The Morgan fingerprint density at radius 3 is 2.10 bits per heavy atom. The van der Waals surface area contributed by atoms with Gasteiger partial charge in [-0.2, -0.15) is 13.2 Å². The lowest BCUT2D eigenvalue weighted by atomic mass is 9.96. The molecule has 0 aromatic carbocycles. The summed E-state index contributed by atoms with van der Waals surface area (Å²) in [5.74, 6) is -2.88. The van der Waals surface area contributed by atoms with Crippen molar-refractivity contribution in [3.8, 4) is 0 Å². The fourth-order valence-electron chi connectivity index (χ4n) is 1.00. The summed E-state index contributed by atoms with van der Waals surface area (Å²) in [6.07, 6.45) is -2.18. The molecule has 0 aliphatic rings. The average molecular weight is 294 g/mol. The van der Waals surface area contributed by atoms with Gasteiger partial charge in [-0.05, 0) is 6.92 Å². The van der Waals surface area contributed by atoms with E-state index in [2.05, 4.69) is 11.3 Å². The van der Waals surface area contributed by atoms with Crippen LogP contribution in [0.3, 0.4) is 0 Å². The first kappa shape index (κ1) is 18.2. The van der Waals surface area contributed by atoms with Crippen LogP contribution in [0.1, 0.15) is 20.8 Å². The van der Waals surface area contributed by atoms with E-state index in [-0.39, 0.29) is 6.61 Å². The summed E-state index contributed by atoms with van der Waals surface area (Å²) in [6.45, 7) is 7.26. The summed E-state index contributed by atoms with van der Waals surface area (Å²) in [5, 5.41) is 0. The molecule has 0 saturated carbocycles. The first-order valence-corrected chi connectivity index (χ1v) is 5.70. The van der Waals surface area contributed by atoms with Gasteiger partial charge in [-0.15, -0.1) is 0 Å². The van der Waals surface area contributed by atoms with E-state index in [1.807, 2.05) is 0 Å². The van der Waals surface area contributed by atoms with E-state index < -0.39 is 30.1 Å². The van der Waals surface area contributed by atoms with Crippen LogP contribution in [-0.2, 0) is 19.1 Å². The summed E-state index contributed by atoms with van der Waals surface area (Å²) < 4.78 is 44.9. The molecule has 0 spiro atoms. The Labute approximate surface area is 115 Å².